The highest BCUT2D eigenvalue weighted by atomic mass is 35.5. The van der Waals surface area contributed by atoms with Crippen LogP contribution in [0.3, 0.4) is 0 Å². The fourth-order valence-corrected chi connectivity index (χ4v) is 2.95. The fraction of sp³-hybridized carbons (Fsp3) is 0.158. The molecule has 0 aliphatic heterocycles. The molecule has 3 rings (SSSR count). The van der Waals surface area contributed by atoms with Gasteiger partial charge in [0, 0.05) is 29.9 Å². The van der Waals surface area contributed by atoms with Gasteiger partial charge in [0.2, 0.25) is 5.78 Å². The van der Waals surface area contributed by atoms with Gasteiger partial charge in [0.15, 0.2) is 5.75 Å². The summed E-state index contributed by atoms with van der Waals surface area (Å²) < 4.78 is 48.2. The number of aryl methyl sites for hydroxylation is 1. The van der Waals surface area contributed by atoms with Crippen molar-refractivity contribution in [3.63, 3.8) is 0 Å². The molecule has 0 aliphatic rings. The highest BCUT2D eigenvalue weighted by Crippen LogP contribution is 2.37. The summed E-state index contributed by atoms with van der Waals surface area (Å²) >= 11 is 5.84. The molecule has 5 nitrogen and oxygen atoms in total. The monoisotopic (exact) mass is 411 g/mol. The first-order valence-electron chi connectivity index (χ1n) is 7.93. The van der Waals surface area contributed by atoms with Gasteiger partial charge in [-0.05, 0) is 42.5 Å². The van der Waals surface area contributed by atoms with Gasteiger partial charge in [-0.1, -0.05) is 11.6 Å². The zero-order valence-electron chi connectivity index (χ0n) is 14.6. The van der Waals surface area contributed by atoms with Crippen molar-refractivity contribution in [2.45, 2.75) is 13.3 Å². The Labute approximate surface area is 162 Å². The van der Waals surface area contributed by atoms with Crippen molar-refractivity contribution in [3.05, 3.63) is 58.7 Å². The van der Waals surface area contributed by atoms with Crippen molar-refractivity contribution < 1.29 is 32.2 Å². The predicted octanol–water partition coefficient (Wildman–Crippen LogP) is 4.89. The number of aromatic nitrogens is 1. The summed E-state index contributed by atoms with van der Waals surface area (Å²) in [6.07, 6.45) is -4.88. The van der Waals surface area contributed by atoms with Gasteiger partial charge in [-0.15, -0.1) is 13.2 Å². The lowest BCUT2D eigenvalue weighted by atomic mass is 10.1. The molecule has 146 valence electrons. The van der Waals surface area contributed by atoms with E-state index in [-0.39, 0.29) is 22.4 Å². The minimum Gasteiger partial charge on any atom is -0.424 e. The van der Waals surface area contributed by atoms with E-state index < -0.39 is 23.9 Å². The largest absolute Gasteiger partial charge is 0.573 e. The van der Waals surface area contributed by atoms with Crippen LogP contribution >= 0.6 is 11.6 Å². The lowest BCUT2D eigenvalue weighted by Crippen LogP contribution is -2.17. The maximum atomic E-state index is 13.0. The maximum absolute atomic E-state index is 13.0. The van der Waals surface area contributed by atoms with E-state index in [4.69, 9.17) is 16.3 Å². The van der Waals surface area contributed by atoms with Gasteiger partial charge in [-0.3, -0.25) is 9.59 Å². The van der Waals surface area contributed by atoms with Crippen LogP contribution < -0.4 is 9.47 Å². The van der Waals surface area contributed by atoms with Crippen molar-refractivity contribution in [2.24, 2.45) is 7.05 Å². The minimum atomic E-state index is -4.88. The Kier molecular flexibility index (Phi) is 5.08. The molecule has 1 heterocycles. The number of hydrogen-bond donors (Lipinski definition) is 0. The molecule has 0 unspecified atom stereocenters. The lowest BCUT2D eigenvalue weighted by Gasteiger charge is -2.09. The van der Waals surface area contributed by atoms with Crippen LogP contribution in [0.1, 0.15) is 23.0 Å². The predicted molar refractivity (Wildman–Crippen MR) is 95.8 cm³/mol. The number of esters is 1. The van der Waals surface area contributed by atoms with Gasteiger partial charge < -0.3 is 14.0 Å². The van der Waals surface area contributed by atoms with E-state index >= 15 is 0 Å². The van der Waals surface area contributed by atoms with Crippen molar-refractivity contribution in [2.75, 3.05) is 0 Å². The van der Waals surface area contributed by atoms with E-state index in [1.165, 1.54) is 34.9 Å². The highest BCUT2D eigenvalue weighted by molar-refractivity contribution is 6.30. The molecule has 0 N–H and O–H groups in total. The molecule has 1 aromatic heterocycles. The standard InChI is InChI=1S/C19H13ClF3NO4/c1-10(25)27-18-14-9-13(28-19(21,22)23)7-8-15(14)24(2)16(18)17(26)11-3-5-12(20)6-4-11/h3-9H,1-2H3. The molecule has 0 bridgehead atoms. The number of halogens is 4. The summed E-state index contributed by atoms with van der Waals surface area (Å²) in [5.41, 5.74) is 0.676. The van der Waals surface area contributed by atoms with Crippen LogP contribution in [0.15, 0.2) is 42.5 Å². The molecule has 0 aliphatic carbocycles. The number of rotatable bonds is 4. The second kappa shape index (κ2) is 7.20. The third kappa shape index (κ3) is 3.96. The maximum Gasteiger partial charge on any atom is 0.573 e. The normalized spacial score (nSPS) is 11.5. The van der Waals surface area contributed by atoms with Gasteiger partial charge in [0.05, 0.1) is 5.52 Å². The number of ether oxygens (including phenoxy) is 2. The van der Waals surface area contributed by atoms with Crippen LogP contribution in [0, 0.1) is 0 Å². The Bertz CT molecular complexity index is 1070. The first-order chi connectivity index (χ1) is 13.1. The summed E-state index contributed by atoms with van der Waals surface area (Å²) in [5, 5.41) is 0.569. The number of benzene rings is 2. The Morgan fingerprint density at radius 1 is 1.07 bits per heavy atom. The number of ketones is 1. The quantitative estimate of drug-likeness (QED) is 0.453. The van der Waals surface area contributed by atoms with Crippen molar-refractivity contribution in [3.8, 4) is 11.5 Å². The number of hydrogen-bond acceptors (Lipinski definition) is 4. The second-order valence-electron chi connectivity index (χ2n) is 5.89. The molecule has 0 spiro atoms. The topological polar surface area (TPSA) is 57.5 Å². The highest BCUT2D eigenvalue weighted by Gasteiger charge is 2.32. The SMILES string of the molecule is CC(=O)Oc1c(C(=O)c2ccc(Cl)cc2)n(C)c2ccc(OC(F)(F)F)cc12. The van der Waals surface area contributed by atoms with Crippen molar-refractivity contribution >= 4 is 34.3 Å². The van der Waals surface area contributed by atoms with Crippen LogP contribution in [0.4, 0.5) is 13.2 Å². The molecule has 0 fully saturated rings. The molecule has 2 aromatic carbocycles. The van der Waals surface area contributed by atoms with Crippen LogP contribution in [0.2, 0.25) is 5.02 Å². The Hall–Kier alpha value is -3.00. The molecule has 0 saturated heterocycles. The number of fused-ring (bicyclic) bond motifs is 1. The molecule has 28 heavy (non-hydrogen) atoms. The zero-order chi connectivity index (χ0) is 20.6. The van der Waals surface area contributed by atoms with Gasteiger partial charge in [0.1, 0.15) is 11.4 Å². The van der Waals surface area contributed by atoms with E-state index in [2.05, 4.69) is 4.74 Å². The molecule has 3 aromatic rings. The van der Waals surface area contributed by atoms with E-state index in [1.54, 1.807) is 7.05 Å². The smallest absolute Gasteiger partial charge is 0.424 e. The van der Waals surface area contributed by atoms with Crippen LogP contribution in [-0.4, -0.2) is 22.7 Å². The summed E-state index contributed by atoms with van der Waals surface area (Å²) in [4.78, 5) is 24.6. The van der Waals surface area contributed by atoms with Crippen LogP contribution in [-0.2, 0) is 11.8 Å². The Morgan fingerprint density at radius 2 is 1.71 bits per heavy atom. The summed E-state index contributed by atoms with van der Waals surface area (Å²) in [5.74, 6) is -1.84. The van der Waals surface area contributed by atoms with Gasteiger partial charge in [-0.2, -0.15) is 0 Å². The molecular weight excluding hydrogens is 399 g/mol. The van der Waals surface area contributed by atoms with Crippen molar-refractivity contribution in [1.29, 1.82) is 0 Å². The van der Waals surface area contributed by atoms with E-state index in [1.807, 2.05) is 0 Å². The Morgan fingerprint density at radius 3 is 2.29 bits per heavy atom. The zero-order valence-corrected chi connectivity index (χ0v) is 15.4. The molecule has 0 atom stereocenters. The molecule has 0 radical (unpaired) electrons. The number of nitrogens with zero attached hydrogens (tertiary/aromatic N) is 1. The van der Waals surface area contributed by atoms with Crippen LogP contribution in [0.25, 0.3) is 10.9 Å². The lowest BCUT2D eigenvalue weighted by molar-refractivity contribution is -0.274. The third-order valence-corrected chi connectivity index (χ3v) is 4.18. The van der Waals surface area contributed by atoms with Crippen LogP contribution in [0.5, 0.6) is 11.5 Å². The van der Waals surface area contributed by atoms with Gasteiger partial charge >= 0.3 is 12.3 Å². The number of carbonyl (C=O) groups is 2. The molecule has 9 heteroatoms. The van der Waals surface area contributed by atoms with E-state index in [0.717, 1.165) is 19.1 Å². The molecular formula is C19H13ClF3NO4. The van der Waals surface area contributed by atoms with Gasteiger partial charge in [0.25, 0.3) is 0 Å². The third-order valence-electron chi connectivity index (χ3n) is 3.93. The summed E-state index contributed by atoms with van der Waals surface area (Å²) in [6, 6.07) is 9.58. The molecule has 0 amide bonds. The molecule has 0 saturated carbocycles. The average Bonchev–Trinajstić information content (AvgIpc) is 2.85. The fourth-order valence-electron chi connectivity index (χ4n) is 2.83. The average molecular weight is 412 g/mol. The first-order valence-corrected chi connectivity index (χ1v) is 8.31. The minimum absolute atomic E-state index is 0.0108. The number of alkyl halides is 3. The van der Waals surface area contributed by atoms with Gasteiger partial charge in [-0.25, -0.2) is 0 Å². The summed E-state index contributed by atoms with van der Waals surface area (Å²) in [6.45, 7) is 1.13. The van der Waals surface area contributed by atoms with E-state index in [0.29, 0.717) is 10.5 Å². The first kappa shape index (κ1) is 19.8. The number of carbonyl (C=O) groups excluding carboxylic acids is 2. The summed E-state index contributed by atoms with van der Waals surface area (Å²) in [7, 11) is 1.54. The van der Waals surface area contributed by atoms with Crippen molar-refractivity contribution in [1.82, 2.24) is 4.57 Å². The van der Waals surface area contributed by atoms with E-state index in [9.17, 15) is 22.8 Å². The second-order valence-corrected chi connectivity index (χ2v) is 6.33. The Balaban J connectivity index is 2.20.